The van der Waals surface area contributed by atoms with E-state index in [0.717, 1.165) is 16.7 Å². The summed E-state index contributed by atoms with van der Waals surface area (Å²) in [6, 6.07) is 26.2. The first-order valence-corrected chi connectivity index (χ1v) is 11.7. The molecule has 3 aromatic rings. The second-order valence-corrected chi connectivity index (χ2v) is 8.75. The molecule has 1 N–H and O–H groups in total. The van der Waals surface area contributed by atoms with E-state index in [1.807, 2.05) is 98.8 Å². The van der Waals surface area contributed by atoms with Crippen LogP contribution < -0.4 is 10.1 Å². The molecule has 1 heterocycles. The summed E-state index contributed by atoms with van der Waals surface area (Å²) >= 11 is 0. The summed E-state index contributed by atoms with van der Waals surface area (Å²) in [7, 11) is 0. The van der Waals surface area contributed by atoms with Crippen LogP contribution in [0.3, 0.4) is 0 Å². The summed E-state index contributed by atoms with van der Waals surface area (Å²) in [5.74, 6) is 0.266. The number of benzene rings is 3. The molecule has 0 spiro atoms. The molecule has 6 nitrogen and oxygen atoms in total. The Bertz CT molecular complexity index is 1190. The number of urea groups is 1. The van der Waals surface area contributed by atoms with Gasteiger partial charge in [-0.1, -0.05) is 72.8 Å². The normalized spacial score (nSPS) is 15.7. The molecule has 180 valence electrons. The number of hydrogen-bond donors (Lipinski definition) is 1. The van der Waals surface area contributed by atoms with Crippen molar-refractivity contribution in [3.63, 3.8) is 0 Å². The summed E-state index contributed by atoms with van der Waals surface area (Å²) in [4.78, 5) is 27.8. The Morgan fingerprint density at radius 2 is 1.51 bits per heavy atom. The predicted molar refractivity (Wildman–Crippen MR) is 134 cm³/mol. The minimum atomic E-state index is -0.621. The zero-order chi connectivity index (χ0) is 24.8. The van der Waals surface area contributed by atoms with E-state index in [4.69, 9.17) is 9.47 Å². The van der Waals surface area contributed by atoms with E-state index in [2.05, 4.69) is 5.32 Å². The molecule has 1 atom stereocenters. The van der Waals surface area contributed by atoms with Crippen LogP contribution in [0.15, 0.2) is 96.2 Å². The van der Waals surface area contributed by atoms with Gasteiger partial charge in [-0.3, -0.25) is 4.90 Å². The standard InChI is InChI=1S/C29H30N2O4/c1-20(2)35-28(32)26-21(3)31(18-22-10-6-4-7-11-22)29(33)30-27(26)24-14-16-25(17-15-24)34-19-23-12-8-5-9-13-23/h4-17,20,27H,18-19H2,1-3H3,(H,30,33)/t27-/m0/s1. The maximum absolute atomic E-state index is 13.2. The van der Waals surface area contributed by atoms with Crippen molar-refractivity contribution in [2.75, 3.05) is 0 Å². The van der Waals surface area contributed by atoms with Crippen LogP contribution in [0.25, 0.3) is 0 Å². The van der Waals surface area contributed by atoms with Crippen LogP contribution >= 0.6 is 0 Å². The second kappa shape index (κ2) is 10.9. The lowest BCUT2D eigenvalue weighted by Gasteiger charge is -2.35. The van der Waals surface area contributed by atoms with Gasteiger partial charge in [0.25, 0.3) is 0 Å². The Balaban J connectivity index is 1.59. The van der Waals surface area contributed by atoms with E-state index in [0.29, 0.717) is 30.2 Å². The summed E-state index contributed by atoms with van der Waals surface area (Å²) in [6.45, 7) is 6.23. The van der Waals surface area contributed by atoms with Gasteiger partial charge in [-0.25, -0.2) is 9.59 Å². The van der Waals surface area contributed by atoms with Crippen LogP contribution in [0.5, 0.6) is 5.75 Å². The van der Waals surface area contributed by atoms with Crippen molar-refractivity contribution in [2.45, 2.75) is 46.1 Å². The molecule has 0 unspecified atom stereocenters. The number of amides is 2. The molecule has 0 saturated heterocycles. The number of allylic oxidation sites excluding steroid dienone is 1. The first kappa shape index (κ1) is 24.1. The van der Waals surface area contributed by atoms with E-state index >= 15 is 0 Å². The van der Waals surface area contributed by atoms with Crippen LogP contribution in [0, 0.1) is 0 Å². The average Bonchev–Trinajstić information content (AvgIpc) is 2.86. The number of nitrogens with one attached hydrogen (secondary N) is 1. The minimum Gasteiger partial charge on any atom is -0.489 e. The number of ether oxygens (including phenoxy) is 2. The summed E-state index contributed by atoms with van der Waals surface area (Å²) in [5, 5.41) is 3.00. The van der Waals surface area contributed by atoms with E-state index in [9.17, 15) is 9.59 Å². The monoisotopic (exact) mass is 470 g/mol. The van der Waals surface area contributed by atoms with Crippen molar-refractivity contribution in [1.29, 1.82) is 0 Å². The van der Waals surface area contributed by atoms with E-state index in [1.54, 1.807) is 11.8 Å². The van der Waals surface area contributed by atoms with Gasteiger partial charge in [-0.2, -0.15) is 0 Å². The SMILES string of the molecule is CC1=C(C(=O)OC(C)C)[C@H](c2ccc(OCc3ccccc3)cc2)NC(=O)N1Cc1ccccc1. The van der Waals surface area contributed by atoms with E-state index < -0.39 is 12.0 Å². The van der Waals surface area contributed by atoms with E-state index in [-0.39, 0.29) is 12.1 Å². The van der Waals surface area contributed by atoms with Gasteiger partial charge in [0, 0.05) is 5.70 Å². The number of hydrogen-bond acceptors (Lipinski definition) is 4. The number of rotatable bonds is 8. The summed E-state index contributed by atoms with van der Waals surface area (Å²) < 4.78 is 11.4. The largest absolute Gasteiger partial charge is 0.489 e. The number of esters is 1. The van der Waals surface area contributed by atoms with E-state index in [1.165, 1.54) is 0 Å². The molecule has 35 heavy (non-hydrogen) atoms. The van der Waals surface area contributed by atoms with Crippen molar-refractivity contribution in [3.05, 3.63) is 113 Å². The zero-order valence-electron chi connectivity index (χ0n) is 20.2. The van der Waals surface area contributed by atoms with Crippen molar-refractivity contribution in [1.82, 2.24) is 10.2 Å². The fraction of sp³-hybridized carbons (Fsp3) is 0.241. The highest BCUT2D eigenvalue weighted by atomic mass is 16.5. The van der Waals surface area contributed by atoms with Crippen LogP contribution in [0.4, 0.5) is 4.79 Å². The molecule has 0 bridgehead atoms. The molecule has 3 aromatic carbocycles. The Morgan fingerprint density at radius 1 is 0.914 bits per heavy atom. The molecule has 4 rings (SSSR count). The lowest BCUT2D eigenvalue weighted by molar-refractivity contribution is -0.143. The average molecular weight is 471 g/mol. The Hall–Kier alpha value is -4.06. The molecular formula is C29H30N2O4. The van der Waals surface area contributed by atoms with Crippen LogP contribution in [-0.2, 0) is 22.7 Å². The fourth-order valence-electron chi connectivity index (χ4n) is 4.03. The second-order valence-electron chi connectivity index (χ2n) is 8.75. The van der Waals surface area contributed by atoms with Gasteiger partial charge in [0.15, 0.2) is 0 Å². The zero-order valence-corrected chi connectivity index (χ0v) is 20.2. The van der Waals surface area contributed by atoms with Crippen molar-refractivity contribution >= 4 is 12.0 Å². The van der Waals surface area contributed by atoms with Gasteiger partial charge in [-0.15, -0.1) is 0 Å². The van der Waals surface area contributed by atoms with Gasteiger partial charge in [0.2, 0.25) is 0 Å². The number of carbonyl (C=O) groups excluding carboxylic acids is 2. The van der Waals surface area contributed by atoms with Crippen LogP contribution in [0.1, 0.15) is 43.5 Å². The highest BCUT2D eigenvalue weighted by Crippen LogP contribution is 2.33. The smallest absolute Gasteiger partial charge is 0.338 e. The Morgan fingerprint density at radius 3 is 2.11 bits per heavy atom. The maximum atomic E-state index is 13.2. The van der Waals surface area contributed by atoms with Crippen molar-refractivity contribution < 1.29 is 19.1 Å². The molecule has 0 aliphatic carbocycles. The Labute approximate surface area is 206 Å². The molecule has 0 saturated carbocycles. The molecule has 2 amide bonds. The van der Waals surface area contributed by atoms with Gasteiger partial charge < -0.3 is 14.8 Å². The quantitative estimate of drug-likeness (QED) is 0.425. The summed E-state index contributed by atoms with van der Waals surface area (Å²) in [5.41, 5.74) is 3.83. The van der Waals surface area contributed by atoms with Gasteiger partial charge in [0.1, 0.15) is 12.4 Å². The van der Waals surface area contributed by atoms with Crippen molar-refractivity contribution in [3.8, 4) is 5.75 Å². The van der Waals surface area contributed by atoms with Gasteiger partial charge in [-0.05, 0) is 49.6 Å². The molecule has 0 aromatic heterocycles. The predicted octanol–water partition coefficient (Wildman–Crippen LogP) is 5.76. The topological polar surface area (TPSA) is 67.9 Å². The van der Waals surface area contributed by atoms with Gasteiger partial charge >= 0.3 is 12.0 Å². The molecule has 1 aliphatic heterocycles. The third-order valence-electron chi connectivity index (χ3n) is 5.80. The first-order chi connectivity index (χ1) is 16.9. The number of carbonyl (C=O) groups is 2. The van der Waals surface area contributed by atoms with Crippen molar-refractivity contribution in [2.24, 2.45) is 0 Å². The number of nitrogens with zero attached hydrogens (tertiary/aromatic N) is 1. The molecule has 1 aliphatic rings. The Kier molecular flexibility index (Phi) is 7.51. The highest BCUT2D eigenvalue weighted by molar-refractivity contribution is 5.95. The third kappa shape index (κ3) is 5.90. The maximum Gasteiger partial charge on any atom is 0.338 e. The third-order valence-corrected chi connectivity index (χ3v) is 5.80. The summed E-state index contributed by atoms with van der Waals surface area (Å²) in [6.07, 6.45) is -0.280. The molecular weight excluding hydrogens is 440 g/mol. The first-order valence-electron chi connectivity index (χ1n) is 11.7. The fourth-order valence-corrected chi connectivity index (χ4v) is 4.03. The lowest BCUT2D eigenvalue weighted by atomic mass is 9.94. The molecule has 0 radical (unpaired) electrons. The minimum absolute atomic E-state index is 0.262. The van der Waals surface area contributed by atoms with Gasteiger partial charge in [0.05, 0.1) is 24.3 Å². The van der Waals surface area contributed by atoms with Crippen LogP contribution in [-0.4, -0.2) is 23.0 Å². The molecule has 0 fully saturated rings. The van der Waals surface area contributed by atoms with Crippen LogP contribution in [0.2, 0.25) is 0 Å². The molecule has 6 heteroatoms. The highest BCUT2D eigenvalue weighted by Gasteiger charge is 2.36. The lowest BCUT2D eigenvalue weighted by Crippen LogP contribution is -2.47.